The standard InChI is InChI=1S/C20H28N4O2S2/c1-12-5-13(2)10-24(9-12)19(27)28-11-17(26)23-18-21-8-14-15(22-18)6-20(3,4)7-16(14)25/h8,12-13H,5-7,9-11H2,1-4H3,(H,21,22,23,26)/t12-,13+. The highest BCUT2D eigenvalue weighted by Crippen LogP contribution is 2.33. The number of carbonyl (C=O) groups is 2. The Morgan fingerprint density at radius 2 is 2.00 bits per heavy atom. The molecule has 1 amide bonds. The average molecular weight is 421 g/mol. The van der Waals surface area contributed by atoms with E-state index in [1.54, 1.807) is 0 Å². The predicted octanol–water partition coefficient (Wildman–Crippen LogP) is 3.57. The summed E-state index contributed by atoms with van der Waals surface area (Å²) in [7, 11) is 0. The van der Waals surface area contributed by atoms with Crippen molar-refractivity contribution in [3.8, 4) is 0 Å². The molecule has 1 aromatic heterocycles. The van der Waals surface area contributed by atoms with Gasteiger partial charge in [0, 0.05) is 25.7 Å². The summed E-state index contributed by atoms with van der Waals surface area (Å²) >= 11 is 6.90. The molecule has 0 bridgehead atoms. The summed E-state index contributed by atoms with van der Waals surface area (Å²) in [4.78, 5) is 35.3. The lowest BCUT2D eigenvalue weighted by molar-refractivity contribution is -0.113. The van der Waals surface area contributed by atoms with Crippen molar-refractivity contribution in [2.45, 2.75) is 47.0 Å². The Hall–Kier alpha value is -1.54. The molecule has 0 unspecified atom stereocenters. The molecule has 3 rings (SSSR count). The smallest absolute Gasteiger partial charge is 0.237 e. The zero-order valence-electron chi connectivity index (χ0n) is 16.9. The van der Waals surface area contributed by atoms with Crippen molar-refractivity contribution in [1.29, 1.82) is 0 Å². The number of nitrogens with zero attached hydrogens (tertiary/aromatic N) is 3. The molecule has 0 radical (unpaired) electrons. The number of likely N-dealkylation sites (tertiary alicyclic amines) is 1. The summed E-state index contributed by atoms with van der Waals surface area (Å²) in [5.74, 6) is 1.59. The minimum atomic E-state index is -0.188. The van der Waals surface area contributed by atoms with Gasteiger partial charge in [0.15, 0.2) is 5.78 Å². The van der Waals surface area contributed by atoms with Crippen LogP contribution in [0.2, 0.25) is 0 Å². The number of nitrogens with one attached hydrogen (secondary N) is 1. The maximum absolute atomic E-state index is 12.3. The van der Waals surface area contributed by atoms with E-state index < -0.39 is 0 Å². The van der Waals surface area contributed by atoms with Gasteiger partial charge in [-0.05, 0) is 30.1 Å². The summed E-state index contributed by atoms with van der Waals surface area (Å²) < 4.78 is 0.771. The van der Waals surface area contributed by atoms with Gasteiger partial charge in [0.05, 0.1) is 17.0 Å². The van der Waals surface area contributed by atoms with Crippen molar-refractivity contribution in [2.75, 3.05) is 24.2 Å². The predicted molar refractivity (Wildman–Crippen MR) is 117 cm³/mol. The van der Waals surface area contributed by atoms with Crippen LogP contribution < -0.4 is 5.32 Å². The SMILES string of the molecule is C[C@@H]1C[C@H](C)CN(C(=S)SCC(=O)Nc2ncc3c(n2)CC(C)(C)CC3=O)C1. The van der Waals surface area contributed by atoms with Gasteiger partial charge in [-0.15, -0.1) is 0 Å². The lowest BCUT2D eigenvalue weighted by atomic mass is 9.76. The van der Waals surface area contributed by atoms with E-state index in [0.29, 0.717) is 35.9 Å². The normalized spacial score (nSPS) is 23.9. The number of hydrogen-bond donors (Lipinski definition) is 1. The van der Waals surface area contributed by atoms with E-state index in [0.717, 1.165) is 17.4 Å². The lowest BCUT2D eigenvalue weighted by Crippen LogP contribution is -2.41. The minimum Gasteiger partial charge on any atom is -0.357 e. The molecule has 2 aliphatic rings. The molecule has 0 spiro atoms. The third-order valence-electron chi connectivity index (χ3n) is 5.16. The second-order valence-corrected chi connectivity index (χ2v) is 10.6. The fourth-order valence-electron chi connectivity index (χ4n) is 4.08. The number of carbonyl (C=O) groups excluding carboxylic acids is 2. The molecule has 1 fully saturated rings. The molecule has 28 heavy (non-hydrogen) atoms. The largest absolute Gasteiger partial charge is 0.357 e. The van der Waals surface area contributed by atoms with Crippen molar-refractivity contribution in [2.24, 2.45) is 17.3 Å². The van der Waals surface area contributed by atoms with Crippen LogP contribution in [-0.4, -0.2) is 49.7 Å². The minimum absolute atomic E-state index is 0.0648. The van der Waals surface area contributed by atoms with Gasteiger partial charge in [0.1, 0.15) is 4.32 Å². The van der Waals surface area contributed by atoms with E-state index in [1.165, 1.54) is 24.4 Å². The van der Waals surface area contributed by atoms with Crippen molar-refractivity contribution in [3.05, 3.63) is 17.5 Å². The number of hydrogen-bond acceptors (Lipinski definition) is 6. The summed E-state index contributed by atoms with van der Waals surface area (Å²) in [5.41, 5.74) is 1.16. The van der Waals surface area contributed by atoms with Gasteiger partial charge in [-0.2, -0.15) is 0 Å². The number of anilines is 1. The van der Waals surface area contributed by atoms with E-state index in [4.69, 9.17) is 12.2 Å². The maximum Gasteiger partial charge on any atom is 0.237 e. The number of thiocarbonyl (C=S) groups is 1. The van der Waals surface area contributed by atoms with Crippen LogP contribution in [0.15, 0.2) is 6.20 Å². The van der Waals surface area contributed by atoms with Crippen LogP contribution in [0.4, 0.5) is 5.95 Å². The van der Waals surface area contributed by atoms with E-state index in [2.05, 4.69) is 34.0 Å². The maximum atomic E-state index is 12.3. The van der Waals surface area contributed by atoms with Gasteiger partial charge in [-0.25, -0.2) is 9.97 Å². The Balaban J connectivity index is 1.55. The number of aromatic nitrogens is 2. The number of Topliss-reactive ketones (excluding diaryl/α,β-unsaturated/α-hetero) is 1. The van der Waals surface area contributed by atoms with Gasteiger partial charge < -0.3 is 4.90 Å². The molecule has 1 aliphatic carbocycles. The van der Waals surface area contributed by atoms with Gasteiger partial charge in [-0.1, -0.05) is 51.7 Å². The fraction of sp³-hybridized carbons (Fsp3) is 0.650. The Morgan fingerprint density at radius 1 is 1.32 bits per heavy atom. The van der Waals surface area contributed by atoms with Gasteiger partial charge >= 0.3 is 0 Å². The molecular formula is C20H28N4O2S2. The number of thioether (sulfide) groups is 1. The third kappa shape index (κ3) is 5.29. The van der Waals surface area contributed by atoms with Crippen LogP contribution in [0, 0.1) is 17.3 Å². The molecular weight excluding hydrogens is 392 g/mol. The second kappa shape index (κ2) is 8.45. The van der Waals surface area contributed by atoms with E-state index in [9.17, 15) is 9.59 Å². The van der Waals surface area contributed by atoms with Crippen molar-refractivity contribution in [3.63, 3.8) is 0 Å². The Morgan fingerprint density at radius 3 is 2.68 bits per heavy atom. The molecule has 0 saturated carbocycles. The number of piperidine rings is 1. The first kappa shape index (κ1) is 21.2. The third-order valence-corrected chi connectivity index (χ3v) is 6.68. The van der Waals surface area contributed by atoms with Crippen molar-refractivity contribution >= 4 is 45.9 Å². The number of fused-ring (bicyclic) bond motifs is 1. The van der Waals surface area contributed by atoms with E-state index in [-0.39, 0.29) is 28.8 Å². The number of rotatable bonds is 3. The molecule has 2 heterocycles. The Labute approximate surface area is 176 Å². The second-order valence-electron chi connectivity index (χ2n) is 8.95. The zero-order valence-corrected chi connectivity index (χ0v) is 18.6. The first-order valence-corrected chi connectivity index (χ1v) is 11.1. The zero-order chi connectivity index (χ0) is 20.5. The summed E-state index contributed by atoms with van der Waals surface area (Å²) in [6.45, 7) is 10.5. The molecule has 0 aromatic carbocycles. The highest BCUT2D eigenvalue weighted by Gasteiger charge is 2.32. The molecule has 1 aliphatic heterocycles. The Bertz CT molecular complexity index is 786. The molecule has 1 saturated heterocycles. The summed E-state index contributed by atoms with van der Waals surface area (Å²) in [6, 6.07) is 0. The highest BCUT2D eigenvalue weighted by molar-refractivity contribution is 8.23. The monoisotopic (exact) mass is 420 g/mol. The van der Waals surface area contributed by atoms with Crippen LogP contribution in [0.3, 0.4) is 0 Å². The lowest BCUT2D eigenvalue weighted by Gasteiger charge is -2.36. The molecule has 152 valence electrons. The molecule has 2 atom stereocenters. The average Bonchev–Trinajstić information content (AvgIpc) is 2.57. The van der Waals surface area contributed by atoms with Crippen LogP contribution in [0.1, 0.15) is 56.6 Å². The van der Waals surface area contributed by atoms with E-state index >= 15 is 0 Å². The quantitative estimate of drug-likeness (QED) is 0.749. The summed E-state index contributed by atoms with van der Waals surface area (Å²) in [5, 5.41) is 2.74. The number of amides is 1. The molecule has 8 heteroatoms. The van der Waals surface area contributed by atoms with Crippen molar-refractivity contribution < 1.29 is 9.59 Å². The van der Waals surface area contributed by atoms with Gasteiger partial charge in [-0.3, -0.25) is 14.9 Å². The van der Waals surface area contributed by atoms with Crippen LogP contribution >= 0.6 is 24.0 Å². The fourth-order valence-corrected chi connectivity index (χ4v) is 5.07. The molecule has 6 nitrogen and oxygen atoms in total. The first-order chi connectivity index (χ1) is 13.1. The van der Waals surface area contributed by atoms with Gasteiger partial charge in [0.2, 0.25) is 11.9 Å². The Kier molecular flexibility index (Phi) is 6.39. The van der Waals surface area contributed by atoms with Crippen LogP contribution in [-0.2, 0) is 11.2 Å². The first-order valence-electron chi connectivity index (χ1n) is 9.73. The van der Waals surface area contributed by atoms with Crippen molar-refractivity contribution in [1.82, 2.24) is 14.9 Å². The van der Waals surface area contributed by atoms with Crippen LogP contribution in [0.5, 0.6) is 0 Å². The summed E-state index contributed by atoms with van der Waals surface area (Å²) in [6.07, 6.45) is 3.95. The van der Waals surface area contributed by atoms with Gasteiger partial charge in [0.25, 0.3) is 0 Å². The van der Waals surface area contributed by atoms with E-state index in [1.807, 2.05) is 13.8 Å². The highest BCUT2D eigenvalue weighted by atomic mass is 32.2. The van der Waals surface area contributed by atoms with Crippen LogP contribution in [0.25, 0.3) is 0 Å². The number of ketones is 1. The molecule has 1 N–H and O–H groups in total. The molecule has 1 aromatic rings. The topological polar surface area (TPSA) is 75.2 Å².